The van der Waals surface area contributed by atoms with Gasteiger partial charge in [0.25, 0.3) is 6.47 Å². The minimum atomic E-state index is 0.175. The van der Waals surface area contributed by atoms with Crippen molar-refractivity contribution in [2.24, 2.45) is 17.8 Å². The molecule has 0 spiro atoms. The molecule has 0 aliphatic heterocycles. The summed E-state index contributed by atoms with van der Waals surface area (Å²) in [5.41, 5.74) is 0. The molecule has 13 heavy (non-hydrogen) atoms. The minimum absolute atomic E-state index is 0.175. The summed E-state index contributed by atoms with van der Waals surface area (Å²) in [6.07, 6.45) is 3.62. The average Bonchev–Trinajstić information content (AvgIpc) is 2.08. The SMILES string of the molecule is CC1CCC(OC=O)C(C(C)C)C1. The first-order chi connectivity index (χ1) is 6.15. The molecule has 1 aliphatic carbocycles. The Balaban J connectivity index is 2.54. The molecule has 3 unspecified atom stereocenters. The van der Waals surface area contributed by atoms with Crippen molar-refractivity contribution in [2.75, 3.05) is 0 Å². The second-order valence-corrected chi connectivity index (χ2v) is 4.60. The van der Waals surface area contributed by atoms with Crippen LogP contribution in [0, 0.1) is 17.8 Å². The fraction of sp³-hybridized carbons (Fsp3) is 0.909. The van der Waals surface area contributed by atoms with Crippen LogP contribution in [0.25, 0.3) is 0 Å². The van der Waals surface area contributed by atoms with Crippen molar-refractivity contribution in [3.8, 4) is 0 Å². The molecule has 0 aromatic carbocycles. The number of carbonyl (C=O) groups excluding carboxylic acids is 1. The number of rotatable bonds is 3. The maximum absolute atomic E-state index is 10.3. The van der Waals surface area contributed by atoms with E-state index < -0.39 is 0 Å². The van der Waals surface area contributed by atoms with E-state index in [-0.39, 0.29) is 6.10 Å². The summed E-state index contributed by atoms with van der Waals surface area (Å²) >= 11 is 0. The van der Waals surface area contributed by atoms with Crippen LogP contribution in [-0.2, 0) is 9.53 Å². The van der Waals surface area contributed by atoms with Gasteiger partial charge in [0.05, 0.1) is 0 Å². The van der Waals surface area contributed by atoms with Crippen LogP contribution in [0.2, 0.25) is 0 Å². The Hall–Kier alpha value is -0.530. The molecule has 0 aromatic heterocycles. The largest absolute Gasteiger partial charge is 0.464 e. The van der Waals surface area contributed by atoms with Gasteiger partial charge in [-0.05, 0) is 37.0 Å². The predicted molar refractivity (Wildman–Crippen MR) is 52.3 cm³/mol. The molecule has 1 fully saturated rings. The summed E-state index contributed by atoms with van der Waals surface area (Å²) in [6.45, 7) is 7.32. The highest BCUT2D eigenvalue weighted by atomic mass is 16.5. The third kappa shape index (κ3) is 2.71. The number of hydrogen-bond acceptors (Lipinski definition) is 2. The van der Waals surface area contributed by atoms with Crippen molar-refractivity contribution in [3.63, 3.8) is 0 Å². The lowest BCUT2D eigenvalue weighted by molar-refractivity contribution is -0.139. The molecule has 2 heteroatoms. The molecule has 0 heterocycles. The van der Waals surface area contributed by atoms with E-state index in [1.165, 1.54) is 12.8 Å². The van der Waals surface area contributed by atoms with Gasteiger partial charge in [-0.3, -0.25) is 4.79 Å². The van der Waals surface area contributed by atoms with Crippen molar-refractivity contribution >= 4 is 6.47 Å². The molecule has 0 saturated heterocycles. The lowest BCUT2D eigenvalue weighted by atomic mass is 9.75. The zero-order chi connectivity index (χ0) is 9.84. The fourth-order valence-corrected chi connectivity index (χ4v) is 2.34. The van der Waals surface area contributed by atoms with Crippen LogP contribution in [0.1, 0.15) is 40.0 Å². The van der Waals surface area contributed by atoms with Gasteiger partial charge in [0.1, 0.15) is 6.10 Å². The van der Waals surface area contributed by atoms with E-state index >= 15 is 0 Å². The molecule has 0 bridgehead atoms. The smallest absolute Gasteiger partial charge is 0.293 e. The van der Waals surface area contributed by atoms with Crippen molar-refractivity contribution in [3.05, 3.63) is 0 Å². The van der Waals surface area contributed by atoms with E-state index in [0.29, 0.717) is 18.3 Å². The van der Waals surface area contributed by atoms with Crippen molar-refractivity contribution < 1.29 is 9.53 Å². The molecular formula is C11H20O2. The van der Waals surface area contributed by atoms with Gasteiger partial charge in [0.15, 0.2) is 0 Å². The zero-order valence-corrected chi connectivity index (χ0v) is 8.82. The maximum atomic E-state index is 10.3. The van der Waals surface area contributed by atoms with E-state index in [4.69, 9.17) is 4.74 Å². The summed E-state index contributed by atoms with van der Waals surface area (Å²) in [6, 6.07) is 0. The van der Waals surface area contributed by atoms with Crippen LogP contribution in [0.5, 0.6) is 0 Å². The van der Waals surface area contributed by atoms with Crippen LogP contribution >= 0.6 is 0 Å². The normalized spacial score (nSPS) is 34.6. The highest BCUT2D eigenvalue weighted by molar-refractivity contribution is 5.37. The molecule has 1 aliphatic rings. The van der Waals surface area contributed by atoms with E-state index in [1.807, 2.05) is 0 Å². The average molecular weight is 184 g/mol. The Morgan fingerprint density at radius 3 is 2.62 bits per heavy atom. The van der Waals surface area contributed by atoms with Gasteiger partial charge in [-0.2, -0.15) is 0 Å². The van der Waals surface area contributed by atoms with Gasteiger partial charge in [-0.25, -0.2) is 0 Å². The minimum Gasteiger partial charge on any atom is -0.464 e. The quantitative estimate of drug-likeness (QED) is 0.630. The summed E-state index contributed by atoms with van der Waals surface area (Å²) in [7, 11) is 0. The summed E-state index contributed by atoms with van der Waals surface area (Å²) in [5, 5.41) is 0. The van der Waals surface area contributed by atoms with Gasteiger partial charge in [0, 0.05) is 0 Å². The monoisotopic (exact) mass is 184 g/mol. The Morgan fingerprint density at radius 1 is 1.38 bits per heavy atom. The Kier molecular flexibility index (Phi) is 3.76. The standard InChI is InChI=1S/C11H20O2/c1-8(2)10-6-9(3)4-5-11(10)13-7-12/h7-11H,4-6H2,1-3H3. The second kappa shape index (κ2) is 4.64. The molecule has 0 amide bonds. The van der Waals surface area contributed by atoms with Crippen molar-refractivity contribution in [2.45, 2.75) is 46.1 Å². The van der Waals surface area contributed by atoms with Gasteiger partial charge in [0.2, 0.25) is 0 Å². The highest BCUT2D eigenvalue weighted by Crippen LogP contribution is 2.35. The van der Waals surface area contributed by atoms with Gasteiger partial charge in [-0.15, -0.1) is 0 Å². The van der Waals surface area contributed by atoms with Crippen molar-refractivity contribution in [1.29, 1.82) is 0 Å². The molecule has 3 atom stereocenters. The molecule has 76 valence electrons. The second-order valence-electron chi connectivity index (χ2n) is 4.60. The van der Waals surface area contributed by atoms with Gasteiger partial charge < -0.3 is 4.74 Å². The predicted octanol–water partition coefficient (Wildman–Crippen LogP) is 2.62. The molecular weight excluding hydrogens is 164 g/mol. The van der Waals surface area contributed by atoms with Crippen LogP contribution in [0.3, 0.4) is 0 Å². The molecule has 0 N–H and O–H groups in total. The first-order valence-electron chi connectivity index (χ1n) is 5.24. The Labute approximate surface area is 80.7 Å². The lowest BCUT2D eigenvalue weighted by Crippen LogP contribution is -2.33. The van der Waals surface area contributed by atoms with E-state index in [9.17, 15) is 4.79 Å². The number of hydrogen-bond donors (Lipinski definition) is 0. The summed E-state index contributed by atoms with van der Waals surface area (Å²) in [5.74, 6) is 1.97. The first-order valence-corrected chi connectivity index (χ1v) is 5.24. The van der Waals surface area contributed by atoms with E-state index in [0.717, 1.165) is 12.3 Å². The van der Waals surface area contributed by atoms with E-state index in [2.05, 4.69) is 20.8 Å². The molecule has 0 aromatic rings. The lowest BCUT2D eigenvalue weighted by Gasteiger charge is -2.35. The Morgan fingerprint density at radius 2 is 2.08 bits per heavy atom. The third-order valence-electron chi connectivity index (χ3n) is 3.18. The zero-order valence-electron chi connectivity index (χ0n) is 8.82. The summed E-state index contributed by atoms with van der Waals surface area (Å²) in [4.78, 5) is 10.3. The summed E-state index contributed by atoms with van der Waals surface area (Å²) < 4.78 is 5.12. The topological polar surface area (TPSA) is 26.3 Å². The van der Waals surface area contributed by atoms with Gasteiger partial charge in [-0.1, -0.05) is 20.8 Å². The maximum Gasteiger partial charge on any atom is 0.293 e. The Bertz CT molecular complexity index is 165. The van der Waals surface area contributed by atoms with Crippen LogP contribution in [0.15, 0.2) is 0 Å². The van der Waals surface area contributed by atoms with Crippen LogP contribution in [0.4, 0.5) is 0 Å². The fourth-order valence-electron chi connectivity index (χ4n) is 2.34. The van der Waals surface area contributed by atoms with Crippen molar-refractivity contribution in [1.82, 2.24) is 0 Å². The number of ether oxygens (including phenoxy) is 1. The molecule has 2 nitrogen and oxygen atoms in total. The molecule has 1 saturated carbocycles. The third-order valence-corrected chi connectivity index (χ3v) is 3.18. The molecule has 1 rings (SSSR count). The molecule has 0 radical (unpaired) electrons. The highest BCUT2D eigenvalue weighted by Gasteiger charge is 2.31. The van der Waals surface area contributed by atoms with Gasteiger partial charge >= 0.3 is 0 Å². The van der Waals surface area contributed by atoms with Crippen LogP contribution in [-0.4, -0.2) is 12.6 Å². The number of carbonyl (C=O) groups is 1. The van der Waals surface area contributed by atoms with Crippen LogP contribution < -0.4 is 0 Å². The first kappa shape index (κ1) is 10.6. The van der Waals surface area contributed by atoms with E-state index in [1.54, 1.807) is 0 Å².